The normalized spacial score (nSPS) is 10.4. The molecule has 6 nitrogen and oxygen atoms in total. The molecule has 0 spiro atoms. The third-order valence-corrected chi connectivity index (χ3v) is 4.49. The van der Waals surface area contributed by atoms with Crippen molar-refractivity contribution in [3.8, 4) is 5.75 Å². The van der Waals surface area contributed by atoms with Crippen LogP contribution in [0.1, 0.15) is 21.6 Å². The second kappa shape index (κ2) is 9.50. The largest absolute Gasteiger partial charge is 0.496 e. The first-order valence-electron chi connectivity index (χ1n) is 9.13. The van der Waals surface area contributed by atoms with Crippen LogP contribution in [-0.2, 0) is 13.0 Å². The summed E-state index contributed by atoms with van der Waals surface area (Å²) in [6, 6.07) is 15.4. The first kappa shape index (κ1) is 19.4. The number of anilines is 1. The van der Waals surface area contributed by atoms with Crippen molar-refractivity contribution in [2.24, 2.45) is 0 Å². The molecule has 0 bridgehead atoms. The average molecular weight is 376 g/mol. The molecule has 3 rings (SSSR count). The summed E-state index contributed by atoms with van der Waals surface area (Å²) in [6.07, 6.45) is 5.98. The number of benzene rings is 1. The van der Waals surface area contributed by atoms with Crippen LogP contribution in [0, 0.1) is 0 Å². The quantitative estimate of drug-likeness (QED) is 0.653. The molecular weight excluding hydrogens is 352 g/mol. The lowest BCUT2D eigenvalue weighted by molar-refractivity contribution is 0.0791. The van der Waals surface area contributed by atoms with Crippen molar-refractivity contribution >= 4 is 11.6 Å². The number of rotatable bonds is 8. The van der Waals surface area contributed by atoms with Gasteiger partial charge in [-0.25, -0.2) is 4.98 Å². The standard InChI is InChI=1S/C22H24N4O2/c1-26(14-11-17-9-12-23-13-10-17)22(27)20-8-7-19(16-25-20)24-15-18-5-3-4-6-21(18)28-2/h3-10,12-13,16,24H,11,14-15H2,1-2H3. The van der Waals surface area contributed by atoms with Gasteiger partial charge in [0.1, 0.15) is 11.4 Å². The Morgan fingerprint density at radius 2 is 1.89 bits per heavy atom. The van der Waals surface area contributed by atoms with Crippen LogP contribution < -0.4 is 10.1 Å². The maximum absolute atomic E-state index is 12.6. The number of aromatic nitrogens is 2. The van der Waals surface area contributed by atoms with Crippen LogP contribution >= 0.6 is 0 Å². The highest BCUT2D eigenvalue weighted by molar-refractivity contribution is 5.92. The Labute approximate surface area is 165 Å². The molecule has 28 heavy (non-hydrogen) atoms. The van der Waals surface area contributed by atoms with E-state index in [1.54, 1.807) is 43.7 Å². The summed E-state index contributed by atoms with van der Waals surface area (Å²) in [5.41, 5.74) is 3.49. The lowest BCUT2D eigenvalue weighted by atomic mass is 10.2. The maximum atomic E-state index is 12.6. The molecule has 0 unspecified atom stereocenters. The number of hydrogen-bond acceptors (Lipinski definition) is 5. The van der Waals surface area contributed by atoms with Crippen molar-refractivity contribution in [3.63, 3.8) is 0 Å². The van der Waals surface area contributed by atoms with E-state index in [1.165, 1.54) is 0 Å². The summed E-state index contributed by atoms with van der Waals surface area (Å²) < 4.78 is 5.36. The third-order valence-electron chi connectivity index (χ3n) is 4.49. The van der Waals surface area contributed by atoms with Crippen LogP contribution in [0.5, 0.6) is 5.75 Å². The van der Waals surface area contributed by atoms with E-state index in [2.05, 4.69) is 15.3 Å². The van der Waals surface area contributed by atoms with Gasteiger partial charge in [0, 0.05) is 38.1 Å². The Morgan fingerprint density at radius 3 is 2.61 bits per heavy atom. The topological polar surface area (TPSA) is 67.3 Å². The first-order valence-corrected chi connectivity index (χ1v) is 9.13. The monoisotopic (exact) mass is 376 g/mol. The zero-order valence-corrected chi connectivity index (χ0v) is 16.1. The molecule has 0 atom stereocenters. The molecular formula is C22H24N4O2. The first-order chi connectivity index (χ1) is 13.7. The Morgan fingerprint density at radius 1 is 1.11 bits per heavy atom. The number of amides is 1. The minimum atomic E-state index is -0.0923. The molecule has 0 aliphatic heterocycles. The van der Waals surface area contributed by atoms with Gasteiger partial charge in [-0.2, -0.15) is 0 Å². The van der Waals surface area contributed by atoms with E-state index in [-0.39, 0.29) is 5.91 Å². The number of ether oxygens (including phenoxy) is 1. The Bertz CT molecular complexity index is 898. The minimum Gasteiger partial charge on any atom is -0.496 e. The van der Waals surface area contributed by atoms with E-state index >= 15 is 0 Å². The van der Waals surface area contributed by atoms with Crippen molar-refractivity contribution in [2.75, 3.05) is 26.0 Å². The average Bonchev–Trinajstić information content (AvgIpc) is 2.76. The van der Waals surface area contributed by atoms with Crippen molar-refractivity contribution in [1.29, 1.82) is 0 Å². The fourth-order valence-electron chi connectivity index (χ4n) is 2.81. The number of nitrogens with one attached hydrogen (secondary N) is 1. The molecule has 0 saturated carbocycles. The van der Waals surface area contributed by atoms with Gasteiger partial charge in [0.15, 0.2) is 0 Å². The molecule has 0 aliphatic carbocycles. The van der Waals surface area contributed by atoms with E-state index < -0.39 is 0 Å². The van der Waals surface area contributed by atoms with Gasteiger partial charge in [0.25, 0.3) is 5.91 Å². The Kier molecular flexibility index (Phi) is 6.57. The summed E-state index contributed by atoms with van der Waals surface area (Å²) >= 11 is 0. The molecule has 144 valence electrons. The van der Waals surface area contributed by atoms with Crippen LogP contribution in [0.2, 0.25) is 0 Å². The highest BCUT2D eigenvalue weighted by atomic mass is 16.5. The van der Waals surface area contributed by atoms with Gasteiger partial charge >= 0.3 is 0 Å². The number of hydrogen-bond donors (Lipinski definition) is 1. The SMILES string of the molecule is COc1ccccc1CNc1ccc(C(=O)N(C)CCc2ccncc2)nc1. The highest BCUT2D eigenvalue weighted by Gasteiger charge is 2.13. The molecule has 2 heterocycles. The number of carbonyl (C=O) groups is 1. The smallest absolute Gasteiger partial charge is 0.272 e. The molecule has 1 N–H and O–H groups in total. The van der Waals surface area contributed by atoms with Crippen molar-refractivity contribution in [3.05, 3.63) is 83.9 Å². The van der Waals surface area contributed by atoms with Gasteiger partial charge in [0.05, 0.1) is 19.0 Å². The number of para-hydroxylation sites is 1. The van der Waals surface area contributed by atoms with Gasteiger partial charge in [-0.05, 0) is 42.3 Å². The van der Waals surface area contributed by atoms with Crippen molar-refractivity contribution in [2.45, 2.75) is 13.0 Å². The van der Waals surface area contributed by atoms with Gasteiger partial charge in [-0.1, -0.05) is 18.2 Å². The summed E-state index contributed by atoms with van der Waals surface area (Å²) in [6.45, 7) is 1.24. The molecule has 0 saturated heterocycles. The fraction of sp³-hybridized carbons (Fsp3) is 0.227. The van der Waals surface area contributed by atoms with Crippen LogP contribution in [0.4, 0.5) is 5.69 Å². The zero-order chi connectivity index (χ0) is 19.8. The third kappa shape index (κ3) is 5.07. The van der Waals surface area contributed by atoms with E-state index in [9.17, 15) is 4.79 Å². The van der Waals surface area contributed by atoms with Gasteiger partial charge in [-0.3, -0.25) is 9.78 Å². The second-order valence-electron chi connectivity index (χ2n) is 6.43. The number of carbonyl (C=O) groups excluding carboxylic acids is 1. The number of methoxy groups -OCH3 is 1. The van der Waals surface area contributed by atoms with Crippen LogP contribution in [0.25, 0.3) is 0 Å². The molecule has 0 fully saturated rings. The fourth-order valence-corrected chi connectivity index (χ4v) is 2.81. The van der Waals surface area contributed by atoms with Crippen molar-refractivity contribution < 1.29 is 9.53 Å². The van der Waals surface area contributed by atoms with Crippen LogP contribution in [0.15, 0.2) is 67.1 Å². The molecule has 0 radical (unpaired) electrons. The van der Waals surface area contributed by atoms with Gasteiger partial charge in [-0.15, -0.1) is 0 Å². The van der Waals surface area contributed by atoms with Gasteiger partial charge in [0.2, 0.25) is 0 Å². The molecule has 1 amide bonds. The molecule has 6 heteroatoms. The van der Waals surface area contributed by atoms with Crippen LogP contribution in [-0.4, -0.2) is 41.5 Å². The van der Waals surface area contributed by atoms with E-state index in [4.69, 9.17) is 4.74 Å². The predicted octanol–water partition coefficient (Wildman–Crippen LogP) is 3.41. The number of likely N-dealkylation sites (N-methyl/N-ethyl adjacent to an activating group) is 1. The minimum absolute atomic E-state index is 0.0923. The molecule has 0 aliphatic rings. The number of nitrogens with zero attached hydrogens (tertiary/aromatic N) is 3. The van der Waals surface area contributed by atoms with Crippen LogP contribution in [0.3, 0.4) is 0 Å². The second-order valence-corrected chi connectivity index (χ2v) is 6.43. The lowest BCUT2D eigenvalue weighted by Gasteiger charge is -2.17. The summed E-state index contributed by atoms with van der Waals surface area (Å²) in [7, 11) is 3.45. The van der Waals surface area contributed by atoms with E-state index in [1.807, 2.05) is 42.5 Å². The summed E-state index contributed by atoms with van der Waals surface area (Å²) in [5, 5.41) is 3.30. The number of pyridine rings is 2. The summed E-state index contributed by atoms with van der Waals surface area (Å²) in [4.78, 5) is 22.6. The zero-order valence-electron chi connectivity index (χ0n) is 16.1. The molecule has 1 aromatic carbocycles. The van der Waals surface area contributed by atoms with Gasteiger partial charge < -0.3 is 15.0 Å². The predicted molar refractivity (Wildman–Crippen MR) is 109 cm³/mol. The molecule has 2 aromatic heterocycles. The lowest BCUT2D eigenvalue weighted by Crippen LogP contribution is -2.29. The molecule has 3 aromatic rings. The Balaban J connectivity index is 1.55. The van der Waals surface area contributed by atoms with Crippen molar-refractivity contribution in [1.82, 2.24) is 14.9 Å². The Hall–Kier alpha value is -3.41. The highest BCUT2D eigenvalue weighted by Crippen LogP contribution is 2.19. The van der Waals surface area contributed by atoms with E-state index in [0.29, 0.717) is 18.8 Å². The van der Waals surface area contributed by atoms with E-state index in [0.717, 1.165) is 29.0 Å². The summed E-state index contributed by atoms with van der Waals surface area (Å²) in [5.74, 6) is 0.746. The maximum Gasteiger partial charge on any atom is 0.272 e.